The lowest BCUT2D eigenvalue weighted by atomic mass is 9.85. The van der Waals surface area contributed by atoms with Crippen molar-refractivity contribution < 1.29 is 8.78 Å². The molecule has 1 N–H and O–H groups in total. The third-order valence-electron chi connectivity index (χ3n) is 2.95. The topological polar surface area (TPSA) is 12.0 Å². The standard InChI is InChI=1S/C15H22BrF2N/c1-10(2)8-19-9-15(3,4)7-11-13(17)6-5-12(16)14(11)18/h5-6,10,19H,7-9H2,1-4H3. The van der Waals surface area contributed by atoms with Crippen molar-refractivity contribution in [2.24, 2.45) is 11.3 Å². The molecule has 0 heterocycles. The maximum absolute atomic E-state index is 13.9. The van der Waals surface area contributed by atoms with Gasteiger partial charge in [0.15, 0.2) is 0 Å². The van der Waals surface area contributed by atoms with Crippen LogP contribution in [0, 0.1) is 23.0 Å². The molecule has 4 heteroatoms. The van der Waals surface area contributed by atoms with Gasteiger partial charge in [-0.2, -0.15) is 0 Å². The van der Waals surface area contributed by atoms with E-state index in [4.69, 9.17) is 0 Å². The Morgan fingerprint density at radius 2 is 1.89 bits per heavy atom. The summed E-state index contributed by atoms with van der Waals surface area (Å²) in [4.78, 5) is 0. The van der Waals surface area contributed by atoms with Crippen LogP contribution in [0.25, 0.3) is 0 Å². The van der Waals surface area contributed by atoms with Crippen LogP contribution in [0.15, 0.2) is 16.6 Å². The summed E-state index contributed by atoms with van der Waals surface area (Å²) >= 11 is 3.10. The third kappa shape index (κ3) is 5.19. The lowest BCUT2D eigenvalue weighted by Crippen LogP contribution is -2.33. The van der Waals surface area contributed by atoms with Gasteiger partial charge >= 0.3 is 0 Å². The Labute approximate surface area is 122 Å². The Bertz CT molecular complexity index is 430. The normalized spacial score (nSPS) is 12.2. The van der Waals surface area contributed by atoms with E-state index in [1.54, 1.807) is 0 Å². The summed E-state index contributed by atoms with van der Waals surface area (Å²) in [5.74, 6) is -0.398. The minimum absolute atomic E-state index is 0.158. The smallest absolute Gasteiger partial charge is 0.143 e. The Hall–Kier alpha value is -0.480. The lowest BCUT2D eigenvalue weighted by Gasteiger charge is -2.26. The molecule has 108 valence electrons. The highest BCUT2D eigenvalue weighted by atomic mass is 79.9. The van der Waals surface area contributed by atoms with Crippen LogP contribution in [0.3, 0.4) is 0 Å². The van der Waals surface area contributed by atoms with Crippen LogP contribution >= 0.6 is 15.9 Å². The van der Waals surface area contributed by atoms with E-state index >= 15 is 0 Å². The minimum atomic E-state index is -0.489. The van der Waals surface area contributed by atoms with Crippen molar-refractivity contribution in [1.29, 1.82) is 0 Å². The van der Waals surface area contributed by atoms with Crippen molar-refractivity contribution in [3.8, 4) is 0 Å². The fourth-order valence-corrected chi connectivity index (χ4v) is 2.34. The summed E-state index contributed by atoms with van der Waals surface area (Å²) in [6.07, 6.45) is 0.370. The predicted octanol–water partition coefficient (Wildman–Crippen LogP) is 4.54. The van der Waals surface area contributed by atoms with E-state index in [0.29, 0.717) is 16.8 Å². The second-order valence-electron chi connectivity index (χ2n) is 6.19. The van der Waals surface area contributed by atoms with Gasteiger partial charge in [-0.15, -0.1) is 0 Å². The monoisotopic (exact) mass is 333 g/mol. The van der Waals surface area contributed by atoms with Crippen LogP contribution in [0.1, 0.15) is 33.3 Å². The molecule has 0 saturated carbocycles. The molecule has 0 aliphatic carbocycles. The summed E-state index contributed by atoms with van der Waals surface area (Å²) in [5, 5.41) is 3.34. The van der Waals surface area contributed by atoms with Crippen LogP contribution in [0.2, 0.25) is 0 Å². The summed E-state index contributed by atoms with van der Waals surface area (Å²) in [7, 11) is 0. The van der Waals surface area contributed by atoms with Crippen molar-refractivity contribution in [1.82, 2.24) is 5.32 Å². The molecule has 1 nitrogen and oxygen atoms in total. The average Bonchev–Trinajstić information content (AvgIpc) is 2.29. The van der Waals surface area contributed by atoms with Crippen LogP contribution < -0.4 is 5.32 Å². The molecule has 0 amide bonds. The fraction of sp³-hybridized carbons (Fsp3) is 0.600. The van der Waals surface area contributed by atoms with Gasteiger partial charge in [0, 0.05) is 12.1 Å². The number of hydrogen-bond acceptors (Lipinski definition) is 1. The first-order chi connectivity index (χ1) is 8.73. The summed E-state index contributed by atoms with van der Waals surface area (Å²) in [6, 6.07) is 2.71. The van der Waals surface area contributed by atoms with Gasteiger partial charge in [-0.05, 0) is 52.4 Å². The van der Waals surface area contributed by atoms with Gasteiger partial charge in [-0.25, -0.2) is 8.78 Å². The quantitative estimate of drug-likeness (QED) is 0.753. The number of benzene rings is 1. The molecular formula is C15H22BrF2N. The summed E-state index contributed by atoms with van der Waals surface area (Å²) in [5.41, 5.74) is -0.0390. The van der Waals surface area contributed by atoms with Crippen LogP contribution in [-0.4, -0.2) is 13.1 Å². The van der Waals surface area contributed by atoms with Crippen molar-refractivity contribution in [2.45, 2.75) is 34.1 Å². The molecule has 0 saturated heterocycles. The van der Waals surface area contributed by atoms with Crippen LogP contribution in [0.4, 0.5) is 8.78 Å². The van der Waals surface area contributed by atoms with Crippen molar-refractivity contribution in [3.05, 3.63) is 33.8 Å². The Balaban J connectivity index is 2.75. The molecule has 0 fully saturated rings. The van der Waals surface area contributed by atoms with Crippen molar-refractivity contribution in [2.75, 3.05) is 13.1 Å². The first-order valence-corrected chi connectivity index (χ1v) is 7.35. The maximum atomic E-state index is 13.9. The van der Waals surface area contributed by atoms with E-state index in [0.717, 1.165) is 13.1 Å². The zero-order chi connectivity index (χ0) is 14.6. The fourth-order valence-electron chi connectivity index (χ4n) is 1.97. The SMILES string of the molecule is CC(C)CNCC(C)(C)Cc1c(F)ccc(Br)c1F. The third-order valence-corrected chi connectivity index (χ3v) is 3.56. The lowest BCUT2D eigenvalue weighted by molar-refractivity contribution is 0.320. The molecule has 0 bridgehead atoms. The van der Waals surface area contributed by atoms with E-state index in [-0.39, 0.29) is 11.0 Å². The molecule has 1 aromatic carbocycles. The molecule has 0 aromatic heterocycles. The van der Waals surface area contributed by atoms with Gasteiger partial charge in [-0.1, -0.05) is 27.7 Å². The molecule has 19 heavy (non-hydrogen) atoms. The van der Waals surface area contributed by atoms with Crippen molar-refractivity contribution >= 4 is 15.9 Å². The van der Waals surface area contributed by atoms with E-state index < -0.39 is 11.6 Å². The highest BCUT2D eigenvalue weighted by Gasteiger charge is 2.23. The molecule has 0 atom stereocenters. The molecule has 1 aromatic rings. The van der Waals surface area contributed by atoms with Gasteiger partial charge in [0.05, 0.1) is 4.47 Å². The Kier molecular flexibility index (Phi) is 5.93. The number of rotatable bonds is 6. The van der Waals surface area contributed by atoms with Gasteiger partial charge < -0.3 is 5.32 Å². The first kappa shape index (κ1) is 16.6. The largest absolute Gasteiger partial charge is 0.316 e. The van der Waals surface area contributed by atoms with Crippen LogP contribution in [-0.2, 0) is 6.42 Å². The second-order valence-corrected chi connectivity index (χ2v) is 7.04. The van der Waals surface area contributed by atoms with Gasteiger partial charge in [0.1, 0.15) is 11.6 Å². The van der Waals surface area contributed by atoms with E-state index in [2.05, 4.69) is 35.1 Å². The molecule has 0 unspecified atom stereocenters. The van der Waals surface area contributed by atoms with Gasteiger partial charge in [0.2, 0.25) is 0 Å². The first-order valence-electron chi connectivity index (χ1n) is 6.56. The number of hydrogen-bond donors (Lipinski definition) is 1. The summed E-state index contributed by atoms with van der Waals surface area (Å²) in [6.45, 7) is 9.94. The van der Waals surface area contributed by atoms with Crippen molar-refractivity contribution in [3.63, 3.8) is 0 Å². The molecular weight excluding hydrogens is 312 g/mol. The average molecular weight is 334 g/mol. The highest BCUT2D eigenvalue weighted by Crippen LogP contribution is 2.28. The van der Waals surface area contributed by atoms with Crippen LogP contribution in [0.5, 0.6) is 0 Å². The van der Waals surface area contributed by atoms with E-state index in [1.807, 2.05) is 13.8 Å². The summed E-state index contributed by atoms with van der Waals surface area (Å²) < 4.78 is 28.0. The molecule has 0 aliphatic heterocycles. The molecule has 0 spiro atoms. The molecule has 1 rings (SSSR count). The minimum Gasteiger partial charge on any atom is -0.316 e. The second kappa shape index (κ2) is 6.80. The Morgan fingerprint density at radius 1 is 1.26 bits per heavy atom. The zero-order valence-electron chi connectivity index (χ0n) is 12.0. The van der Waals surface area contributed by atoms with Gasteiger partial charge in [0.25, 0.3) is 0 Å². The zero-order valence-corrected chi connectivity index (χ0v) is 13.6. The predicted molar refractivity (Wildman–Crippen MR) is 79.3 cm³/mol. The number of halogens is 3. The van der Waals surface area contributed by atoms with E-state index in [9.17, 15) is 8.78 Å². The highest BCUT2D eigenvalue weighted by molar-refractivity contribution is 9.10. The number of nitrogens with one attached hydrogen (secondary N) is 1. The maximum Gasteiger partial charge on any atom is 0.143 e. The van der Waals surface area contributed by atoms with Gasteiger partial charge in [-0.3, -0.25) is 0 Å². The molecule has 0 aliphatic rings. The Morgan fingerprint density at radius 3 is 2.47 bits per heavy atom. The van der Waals surface area contributed by atoms with E-state index in [1.165, 1.54) is 12.1 Å². The molecule has 0 radical (unpaired) electrons.